The molecule has 132 valence electrons. The van der Waals surface area contributed by atoms with Crippen LogP contribution in [0.25, 0.3) is 0 Å². The molecule has 1 aromatic carbocycles. The first-order valence-corrected chi connectivity index (χ1v) is 7.76. The van der Waals surface area contributed by atoms with Gasteiger partial charge in [0.15, 0.2) is 12.4 Å². The first kappa shape index (κ1) is 18.1. The number of aromatic nitrogens is 2. The highest BCUT2D eigenvalue weighted by Crippen LogP contribution is 2.23. The molecule has 24 heavy (non-hydrogen) atoms. The summed E-state index contributed by atoms with van der Waals surface area (Å²) in [5.41, 5.74) is 0.718. The maximum atomic E-state index is 12.1. The van der Waals surface area contributed by atoms with Gasteiger partial charge in [-0.25, -0.2) is 0 Å². The van der Waals surface area contributed by atoms with E-state index in [-0.39, 0.29) is 11.8 Å². The minimum Gasteiger partial charge on any atom is -0.484 e. The number of nitrogens with one attached hydrogen (secondary N) is 1. The summed E-state index contributed by atoms with van der Waals surface area (Å²) in [6.07, 6.45) is -1.52. The number of ether oxygens (including phenoxy) is 1. The second-order valence-electron chi connectivity index (χ2n) is 5.45. The van der Waals surface area contributed by atoms with Crippen LogP contribution in [0, 0.1) is 0 Å². The van der Waals surface area contributed by atoms with E-state index < -0.39 is 12.8 Å². The number of rotatable bonds is 8. The fraction of sp³-hybridized carbons (Fsp3) is 0.500. The molecule has 1 atom stereocenters. The first-order valence-electron chi connectivity index (χ1n) is 7.76. The van der Waals surface area contributed by atoms with E-state index >= 15 is 0 Å². The van der Waals surface area contributed by atoms with Crippen molar-refractivity contribution < 1.29 is 22.4 Å². The predicted octanol–water partition coefficient (Wildman–Crippen LogP) is 4.53. The number of alkyl halides is 3. The molecule has 2 aromatic rings. The molecule has 1 N–H and O–H groups in total. The number of anilines is 1. The van der Waals surface area contributed by atoms with Crippen molar-refractivity contribution in [3.63, 3.8) is 0 Å². The number of aryl methyl sites for hydroxylation is 1. The zero-order valence-corrected chi connectivity index (χ0v) is 13.6. The zero-order chi connectivity index (χ0) is 17.6. The van der Waals surface area contributed by atoms with Gasteiger partial charge < -0.3 is 14.6 Å². The lowest BCUT2D eigenvalue weighted by atomic mass is 10.2. The van der Waals surface area contributed by atoms with Crippen LogP contribution in [0.3, 0.4) is 0 Å². The van der Waals surface area contributed by atoms with Crippen molar-refractivity contribution in [3.8, 4) is 5.75 Å². The molecule has 0 saturated carbocycles. The first-order chi connectivity index (χ1) is 11.4. The Morgan fingerprint density at radius 1 is 1.25 bits per heavy atom. The van der Waals surface area contributed by atoms with Gasteiger partial charge in [0.2, 0.25) is 5.89 Å². The van der Waals surface area contributed by atoms with E-state index in [4.69, 9.17) is 4.52 Å². The molecule has 0 aliphatic rings. The quantitative estimate of drug-likeness (QED) is 0.763. The number of unbranched alkanes of at least 4 members (excludes halogenated alkanes) is 1. The van der Waals surface area contributed by atoms with Crippen LogP contribution in [0.2, 0.25) is 0 Å². The maximum absolute atomic E-state index is 12.1. The SMILES string of the molecule is CCCCc1noc(C(C)Nc2ccc(OCC(F)(F)F)cc2)n1. The molecule has 8 heteroatoms. The van der Waals surface area contributed by atoms with Crippen molar-refractivity contribution in [1.29, 1.82) is 0 Å². The Balaban J connectivity index is 1.89. The summed E-state index contributed by atoms with van der Waals surface area (Å²) in [5.74, 6) is 1.31. The fourth-order valence-corrected chi connectivity index (χ4v) is 2.00. The van der Waals surface area contributed by atoms with Gasteiger partial charge in [-0.1, -0.05) is 18.5 Å². The van der Waals surface area contributed by atoms with Crippen LogP contribution in [-0.4, -0.2) is 22.9 Å². The summed E-state index contributed by atoms with van der Waals surface area (Å²) >= 11 is 0. The van der Waals surface area contributed by atoms with E-state index in [1.165, 1.54) is 12.1 Å². The zero-order valence-electron chi connectivity index (χ0n) is 13.6. The van der Waals surface area contributed by atoms with Gasteiger partial charge in [-0.05, 0) is 37.6 Å². The second kappa shape index (κ2) is 8.03. The minimum atomic E-state index is -4.35. The Labute approximate surface area is 138 Å². The van der Waals surface area contributed by atoms with Crippen LogP contribution in [0.15, 0.2) is 28.8 Å². The Kier molecular flexibility index (Phi) is 6.05. The summed E-state index contributed by atoms with van der Waals surface area (Å²) in [7, 11) is 0. The fourth-order valence-electron chi connectivity index (χ4n) is 2.00. The van der Waals surface area contributed by atoms with Gasteiger partial charge in [-0.2, -0.15) is 18.2 Å². The summed E-state index contributed by atoms with van der Waals surface area (Å²) in [4.78, 5) is 4.33. The molecule has 0 spiro atoms. The third kappa shape index (κ3) is 5.75. The second-order valence-corrected chi connectivity index (χ2v) is 5.45. The van der Waals surface area contributed by atoms with Gasteiger partial charge >= 0.3 is 6.18 Å². The van der Waals surface area contributed by atoms with E-state index in [1.807, 2.05) is 6.92 Å². The monoisotopic (exact) mass is 343 g/mol. The molecule has 0 bridgehead atoms. The molecule has 1 aromatic heterocycles. The number of hydrogen-bond acceptors (Lipinski definition) is 5. The van der Waals surface area contributed by atoms with Gasteiger partial charge in [0.1, 0.15) is 11.8 Å². The average Bonchev–Trinajstić information content (AvgIpc) is 3.00. The van der Waals surface area contributed by atoms with Crippen molar-refractivity contribution in [1.82, 2.24) is 10.1 Å². The summed E-state index contributed by atoms with van der Waals surface area (Å²) < 4.78 is 46.2. The Morgan fingerprint density at radius 3 is 2.58 bits per heavy atom. The highest BCUT2D eigenvalue weighted by molar-refractivity contribution is 5.47. The molecule has 0 fully saturated rings. The third-order valence-electron chi connectivity index (χ3n) is 3.25. The smallest absolute Gasteiger partial charge is 0.422 e. The number of benzene rings is 1. The standard InChI is InChI=1S/C16H20F3N3O2/c1-3-4-5-14-21-15(24-22-14)11(2)20-12-6-8-13(9-7-12)23-10-16(17,18)19/h6-9,11,20H,3-5,10H2,1-2H3. The summed E-state index contributed by atoms with van der Waals surface area (Å²) in [6, 6.07) is 6.00. The Hall–Kier alpha value is -2.25. The van der Waals surface area contributed by atoms with Gasteiger partial charge in [-0.3, -0.25) is 0 Å². The molecule has 0 aliphatic heterocycles. The Morgan fingerprint density at radius 2 is 1.96 bits per heavy atom. The molecule has 2 rings (SSSR count). The molecule has 0 saturated heterocycles. The van der Waals surface area contributed by atoms with E-state index in [1.54, 1.807) is 12.1 Å². The maximum Gasteiger partial charge on any atom is 0.422 e. The molecule has 1 heterocycles. The molecule has 0 amide bonds. The normalized spacial score (nSPS) is 12.9. The van der Waals surface area contributed by atoms with E-state index in [9.17, 15) is 13.2 Å². The largest absolute Gasteiger partial charge is 0.484 e. The van der Waals surface area contributed by atoms with Crippen molar-refractivity contribution in [2.75, 3.05) is 11.9 Å². The molecular weight excluding hydrogens is 323 g/mol. The number of hydrogen-bond donors (Lipinski definition) is 1. The van der Waals surface area contributed by atoms with Crippen molar-refractivity contribution in [2.45, 2.75) is 45.3 Å². The van der Waals surface area contributed by atoms with Crippen LogP contribution in [0.4, 0.5) is 18.9 Å². The predicted molar refractivity (Wildman–Crippen MR) is 82.9 cm³/mol. The topological polar surface area (TPSA) is 60.2 Å². The van der Waals surface area contributed by atoms with Crippen molar-refractivity contribution in [2.24, 2.45) is 0 Å². The van der Waals surface area contributed by atoms with Gasteiger partial charge in [0.05, 0.1) is 0 Å². The van der Waals surface area contributed by atoms with E-state index in [0.717, 1.165) is 24.9 Å². The lowest BCUT2D eigenvalue weighted by molar-refractivity contribution is -0.153. The van der Waals surface area contributed by atoms with Crippen LogP contribution in [-0.2, 0) is 6.42 Å². The van der Waals surface area contributed by atoms with E-state index in [0.29, 0.717) is 11.7 Å². The van der Waals surface area contributed by atoms with Crippen LogP contribution in [0.1, 0.15) is 44.4 Å². The minimum absolute atomic E-state index is 0.158. The number of halogens is 3. The molecule has 5 nitrogen and oxygen atoms in total. The Bertz CT molecular complexity index is 626. The lowest BCUT2D eigenvalue weighted by Gasteiger charge is -2.12. The van der Waals surface area contributed by atoms with Crippen LogP contribution < -0.4 is 10.1 Å². The van der Waals surface area contributed by atoms with Gasteiger partial charge in [0, 0.05) is 12.1 Å². The average molecular weight is 343 g/mol. The van der Waals surface area contributed by atoms with E-state index in [2.05, 4.69) is 27.1 Å². The van der Waals surface area contributed by atoms with Gasteiger partial charge in [0.25, 0.3) is 0 Å². The van der Waals surface area contributed by atoms with Crippen LogP contribution >= 0.6 is 0 Å². The highest BCUT2D eigenvalue weighted by Gasteiger charge is 2.28. The summed E-state index contributed by atoms with van der Waals surface area (Å²) in [5, 5.41) is 7.08. The van der Waals surface area contributed by atoms with Crippen LogP contribution in [0.5, 0.6) is 5.75 Å². The molecule has 0 radical (unpaired) electrons. The summed E-state index contributed by atoms with van der Waals surface area (Å²) in [6.45, 7) is 2.65. The van der Waals surface area contributed by atoms with Gasteiger partial charge in [-0.15, -0.1) is 0 Å². The van der Waals surface area contributed by atoms with Crippen molar-refractivity contribution in [3.05, 3.63) is 36.0 Å². The molecule has 1 unspecified atom stereocenters. The van der Waals surface area contributed by atoms with Crippen molar-refractivity contribution >= 4 is 5.69 Å². The molecule has 0 aliphatic carbocycles. The third-order valence-corrected chi connectivity index (χ3v) is 3.25. The number of nitrogens with zero attached hydrogens (tertiary/aromatic N) is 2. The lowest BCUT2D eigenvalue weighted by Crippen LogP contribution is -2.19. The highest BCUT2D eigenvalue weighted by atomic mass is 19.4. The molecular formula is C16H20F3N3O2.